The molecule has 138 valence electrons. The average molecular weight is 369 g/mol. The number of Topliss-reactive ketones (excluding diaryl/α,β-unsaturated/α-hetero) is 1. The van der Waals surface area contributed by atoms with Crippen molar-refractivity contribution in [3.05, 3.63) is 23.8 Å². The molecule has 0 radical (unpaired) electrons. The molecule has 0 spiro atoms. The summed E-state index contributed by atoms with van der Waals surface area (Å²) in [5.41, 5.74) is 0.0605. The van der Waals surface area contributed by atoms with E-state index in [1.54, 1.807) is 0 Å². The van der Waals surface area contributed by atoms with Gasteiger partial charge in [0.25, 0.3) is 0 Å². The maximum Gasteiger partial charge on any atom is 0.338 e. The van der Waals surface area contributed by atoms with Crippen LogP contribution >= 0.6 is 0 Å². The van der Waals surface area contributed by atoms with E-state index in [1.165, 1.54) is 36.5 Å². The van der Waals surface area contributed by atoms with E-state index in [9.17, 15) is 18.0 Å². The lowest BCUT2D eigenvalue weighted by atomic mass is 10.1. The number of sulfonamides is 1. The van der Waals surface area contributed by atoms with Gasteiger partial charge in [-0.3, -0.25) is 4.79 Å². The number of rotatable bonds is 6. The van der Waals surface area contributed by atoms with Crippen LogP contribution in [0.2, 0.25) is 0 Å². The number of ketones is 1. The summed E-state index contributed by atoms with van der Waals surface area (Å²) in [7, 11) is -2.43. The van der Waals surface area contributed by atoms with Gasteiger partial charge in [-0.2, -0.15) is 4.31 Å². The molecule has 1 aliphatic rings. The molecule has 7 nitrogen and oxygen atoms in total. The smallest absolute Gasteiger partial charge is 0.338 e. The molecule has 0 N–H and O–H groups in total. The lowest BCUT2D eigenvalue weighted by Crippen LogP contribution is -2.42. The first-order chi connectivity index (χ1) is 11.8. The highest BCUT2D eigenvalue weighted by Crippen LogP contribution is 2.31. The molecule has 0 bridgehead atoms. The van der Waals surface area contributed by atoms with Crippen LogP contribution in [-0.2, 0) is 19.6 Å². The first-order valence-electron chi connectivity index (χ1n) is 8.14. The zero-order valence-electron chi connectivity index (χ0n) is 14.6. The number of carbonyl (C=O) groups is 2. The number of carbonyl (C=O) groups excluding carboxylic acids is 2. The molecule has 1 atom stereocenters. The third-order valence-electron chi connectivity index (χ3n) is 4.13. The largest absolute Gasteiger partial charge is 0.495 e. The van der Waals surface area contributed by atoms with Crippen molar-refractivity contribution in [1.29, 1.82) is 0 Å². The fourth-order valence-corrected chi connectivity index (χ4v) is 4.69. The van der Waals surface area contributed by atoms with E-state index in [-0.39, 0.29) is 34.6 Å². The second-order valence-corrected chi connectivity index (χ2v) is 7.96. The van der Waals surface area contributed by atoms with E-state index in [4.69, 9.17) is 9.47 Å². The van der Waals surface area contributed by atoms with Crippen LogP contribution in [0, 0.1) is 0 Å². The number of benzene rings is 1. The summed E-state index contributed by atoms with van der Waals surface area (Å²) in [6.07, 6.45) is 2.58. The fraction of sp³-hybridized carbons (Fsp3) is 0.529. The molecule has 1 aromatic rings. The number of nitrogens with zero attached hydrogens (tertiary/aromatic N) is 1. The second-order valence-electron chi connectivity index (χ2n) is 6.10. The molecule has 1 saturated heterocycles. The molecular weight excluding hydrogens is 346 g/mol. The van der Waals surface area contributed by atoms with Gasteiger partial charge in [0, 0.05) is 12.6 Å². The molecule has 8 heteroatoms. The maximum atomic E-state index is 13.1. The van der Waals surface area contributed by atoms with Crippen LogP contribution in [0.25, 0.3) is 0 Å². The van der Waals surface area contributed by atoms with E-state index < -0.39 is 16.0 Å². The van der Waals surface area contributed by atoms with Crippen molar-refractivity contribution in [2.45, 2.75) is 44.0 Å². The Morgan fingerprint density at radius 3 is 2.60 bits per heavy atom. The van der Waals surface area contributed by atoms with Gasteiger partial charge in [-0.1, -0.05) is 6.42 Å². The molecule has 1 heterocycles. The summed E-state index contributed by atoms with van der Waals surface area (Å²) in [5, 5.41) is 0. The summed E-state index contributed by atoms with van der Waals surface area (Å²) in [6.45, 7) is 3.25. The van der Waals surface area contributed by atoms with Gasteiger partial charge in [0.15, 0.2) is 5.78 Å². The zero-order valence-corrected chi connectivity index (χ0v) is 15.5. The molecule has 1 aromatic carbocycles. The molecular formula is C17H23NO6S. The van der Waals surface area contributed by atoms with Crippen molar-refractivity contribution in [2.24, 2.45) is 0 Å². The van der Waals surface area contributed by atoms with Crippen molar-refractivity contribution >= 4 is 21.8 Å². The minimum atomic E-state index is -3.81. The quantitative estimate of drug-likeness (QED) is 0.713. The van der Waals surface area contributed by atoms with Crippen molar-refractivity contribution in [2.75, 3.05) is 20.3 Å². The van der Waals surface area contributed by atoms with Gasteiger partial charge in [-0.15, -0.1) is 0 Å². The highest BCUT2D eigenvalue weighted by Gasteiger charge is 2.33. The van der Waals surface area contributed by atoms with Gasteiger partial charge < -0.3 is 9.47 Å². The first-order valence-corrected chi connectivity index (χ1v) is 9.58. The molecule has 1 unspecified atom stereocenters. The van der Waals surface area contributed by atoms with Gasteiger partial charge in [-0.25, -0.2) is 13.2 Å². The topological polar surface area (TPSA) is 90.0 Å². The van der Waals surface area contributed by atoms with E-state index in [0.29, 0.717) is 6.54 Å². The summed E-state index contributed by atoms with van der Waals surface area (Å²) >= 11 is 0. The summed E-state index contributed by atoms with van der Waals surface area (Å²) in [5.74, 6) is -0.876. The van der Waals surface area contributed by atoms with E-state index in [2.05, 4.69) is 0 Å². The van der Waals surface area contributed by atoms with E-state index >= 15 is 0 Å². The molecule has 1 aliphatic heterocycles. The van der Waals surface area contributed by atoms with Gasteiger partial charge in [0.2, 0.25) is 10.0 Å². The number of ether oxygens (including phenoxy) is 2. The number of esters is 1. The van der Waals surface area contributed by atoms with E-state index in [0.717, 1.165) is 19.3 Å². The monoisotopic (exact) mass is 369 g/mol. The normalized spacial score (nSPS) is 18.6. The standard InChI is InChI=1S/C17H23NO6S/c1-12-6-4-5-9-18(12)25(21,22)16-10-14(7-8-15(16)23-3)17(20)24-11-13(2)19/h7-8,10,12H,4-6,9,11H2,1-3H3. The number of hydrogen-bond donors (Lipinski definition) is 0. The predicted octanol–water partition coefficient (Wildman–Crippen LogP) is 2.00. The second kappa shape index (κ2) is 7.97. The molecule has 0 amide bonds. The Morgan fingerprint density at radius 2 is 2.00 bits per heavy atom. The van der Waals surface area contributed by atoms with Crippen molar-refractivity contribution < 1.29 is 27.5 Å². The lowest BCUT2D eigenvalue weighted by Gasteiger charge is -2.32. The Kier molecular flexibility index (Phi) is 6.18. The minimum absolute atomic E-state index is 0.0605. The SMILES string of the molecule is COc1ccc(C(=O)OCC(C)=O)cc1S(=O)(=O)N1CCCCC1C. The Bertz CT molecular complexity index is 758. The Morgan fingerprint density at radius 1 is 1.28 bits per heavy atom. The third-order valence-corrected chi connectivity index (χ3v) is 6.17. The van der Waals surface area contributed by atoms with Crippen LogP contribution in [0.3, 0.4) is 0 Å². The van der Waals surface area contributed by atoms with Gasteiger partial charge >= 0.3 is 5.97 Å². The van der Waals surface area contributed by atoms with Crippen LogP contribution < -0.4 is 4.74 Å². The van der Waals surface area contributed by atoms with Crippen LogP contribution in [0.15, 0.2) is 23.1 Å². The molecule has 25 heavy (non-hydrogen) atoms. The predicted molar refractivity (Wildman–Crippen MR) is 91.2 cm³/mol. The number of piperidine rings is 1. The van der Waals surface area contributed by atoms with Crippen LogP contribution in [0.1, 0.15) is 43.5 Å². The molecule has 0 aliphatic carbocycles. The maximum absolute atomic E-state index is 13.1. The van der Waals surface area contributed by atoms with Crippen molar-refractivity contribution in [3.8, 4) is 5.75 Å². The minimum Gasteiger partial charge on any atom is -0.495 e. The molecule has 0 saturated carbocycles. The Balaban J connectivity index is 2.39. The van der Waals surface area contributed by atoms with Crippen LogP contribution in [0.5, 0.6) is 5.75 Å². The first kappa shape index (κ1) is 19.4. The summed E-state index contributed by atoms with van der Waals surface area (Å²) in [6, 6.07) is 3.97. The van der Waals surface area contributed by atoms with Crippen molar-refractivity contribution in [3.63, 3.8) is 0 Å². The van der Waals surface area contributed by atoms with Crippen LogP contribution in [0.4, 0.5) is 0 Å². The Hall–Kier alpha value is -1.93. The van der Waals surface area contributed by atoms with Gasteiger partial charge in [0.05, 0.1) is 12.7 Å². The van der Waals surface area contributed by atoms with Gasteiger partial charge in [-0.05, 0) is 44.9 Å². The number of methoxy groups -OCH3 is 1. The average Bonchev–Trinajstić information content (AvgIpc) is 2.59. The summed E-state index contributed by atoms with van der Waals surface area (Å²) < 4.78 is 37.6. The lowest BCUT2D eigenvalue weighted by molar-refractivity contribution is -0.120. The molecule has 0 aromatic heterocycles. The highest BCUT2D eigenvalue weighted by atomic mass is 32.2. The molecule has 1 fully saturated rings. The number of hydrogen-bond acceptors (Lipinski definition) is 6. The third kappa shape index (κ3) is 4.38. The van der Waals surface area contributed by atoms with Crippen molar-refractivity contribution in [1.82, 2.24) is 4.31 Å². The van der Waals surface area contributed by atoms with Crippen LogP contribution in [-0.4, -0.2) is 50.8 Å². The fourth-order valence-electron chi connectivity index (χ4n) is 2.81. The Labute approximate surface area is 148 Å². The summed E-state index contributed by atoms with van der Waals surface area (Å²) in [4.78, 5) is 22.9. The highest BCUT2D eigenvalue weighted by molar-refractivity contribution is 7.89. The molecule has 2 rings (SSSR count). The van der Waals surface area contributed by atoms with Gasteiger partial charge in [0.1, 0.15) is 17.3 Å². The van der Waals surface area contributed by atoms with E-state index in [1.807, 2.05) is 6.92 Å². The zero-order chi connectivity index (χ0) is 18.6.